The van der Waals surface area contributed by atoms with Crippen LogP contribution in [0.1, 0.15) is 5.56 Å². The lowest BCUT2D eigenvalue weighted by atomic mass is 10.1. The fourth-order valence-electron chi connectivity index (χ4n) is 1.77. The average Bonchev–Trinajstić information content (AvgIpc) is 2.44. The van der Waals surface area contributed by atoms with Gasteiger partial charge in [-0.05, 0) is 35.9 Å². The van der Waals surface area contributed by atoms with E-state index < -0.39 is 11.9 Å². The summed E-state index contributed by atoms with van der Waals surface area (Å²) < 4.78 is 0. The van der Waals surface area contributed by atoms with Gasteiger partial charge >= 0.3 is 6.03 Å². The molecule has 0 aliphatic heterocycles. The van der Waals surface area contributed by atoms with Crippen LogP contribution < -0.4 is 16.4 Å². The molecule has 0 radical (unpaired) electrons. The smallest absolute Gasteiger partial charge is 0.323 e. The zero-order valence-corrected chi connectivity index (χ0v) is 12.9. The van der Waals surface area contributed by atoms with Gasteiger partial charge in [-0.1, -0.05) is 35.3 Å². The van der Waals surface area contributed by atoms with Gasteiger partial charge in [-0.15, -0.1) is 0 Å². The molecular formula is C15H13Cl2N3O2. The van der Waals surface area contributed by atoms with Crippen molar-refractivity contribution in [3.8, 4) is 0 Å². The van der Waals surface area contributed by atoms with Gasteiger partial charge in [0.05, 0.1) is 16.5 Å². The number of nitrogens with two attached hydrogens (primary N) is 1. The highest BCUT2D eigenvalue weighted by molar-refractivity contribution is 6.42. The summed E-state index contributed by atoms with van der Waals surface area (Å²) >= 11 is 11.7. The molecule has 0 aromatic heterocycles. The van der Waals surface area contributed by atoms with Crippen molar-refractivity contribution < 1.29 is 9.59 Å². The number of hydrogen-bond donors (Lipinski definition) is 3. The Morgan fingerprint density at radius 2 is 1.50 bits per heavy atom. The zero-order valence-electron chi connectivity index (χ0n) is 11.4. The Morgan fingerprint density at radius 1 is 0.909 bits per heavy atom. The first kappa shape index (κ1) is 16.1. The largest absolute Gasteiger partial charge is 0.369 e. The molecule has 3 amide bonds. The SMILES string of the molecule is NC(=O)Cc1ccc(NC(=O)Nc2ccc(Cl)c(Cl)c2)cc1. The third-order valence-electron chi connectivity index (χ3n) is 2.77. The number of anilines is 2. The van der Waals surface area contributed by atoms with E-state index in [0.29, 0.717) is 21.4 Å². The van der Waals surface area contributed by atoms with Crippen molar-refractivity contribution in [1.29, 1.82) is 0 Å². The maximum Gasteiger partial charge on any atom is 0.323 e. The number of amides is 3. The fourth-order valence-corrected chi connectivity index (χ4v) is 2.07. The maximum absolute atomic E-state index is 11.9. The van der Waals surface area contributed by atoms with E-state index in [-0.39, 0.29) is 6.42 Å². The molecule has 5 nitrogen and oxygen atoms in total. The normalized spacial score (nSPS) is 10.1. The van der Waals surface area contributed by atoms with Gasteiger partial charge in [-0.25, -0.2) is 4.79 Å². The van der Waals surface area contributed by atoms with Gasteiger partial charge in [0.25, 0.3) is 0 Å². The summed E-state index contributed by atoms with van der Waals surface area (Å²) in [6.07, 6.45) is 0.162. The van der Waals surface area contributed by atoms with E-state index in [0.717, 1.165) is 5.56 Å². The van der Waals surface area contributed by atoms with Crippen molar-refractivity contribution in [1.82, 2.24) is 0 Å². The molecule has 0 heterocycles. The van der Waals surface area contributed by atoms with Crippen LogP contribution in [0.4, 0.5) is 16.2 Å². The minimum absolute atomic E-state index is 0.162. The van der Waals surface area contributed by atoms with Crippen molar-refractivity contribution in [3.05, 3.63) is 58.1 Å². The van der Waals surface area contributed by atoms with Crippen LogP contribution in [-0.4, -0.2) is 11.9 Å². The van der Waals surface area contributed by atoms with Crippen LogP contribution in [0, 0.1) is 0 Å². The molecule has 0 aliphatic rings. The van der Waals surface area contributed by atoms with Gasteiger partial charge in [-0.3, -0.25) is 4.79 Å². The van der Waals surface area contributed by atoms with Gasteiger partial charge < -0.3 is 16.4 Å². The number of nitrogens with one attached hydrogen (secondary N) is 2. The zero-order chi connectivity index (χ0) is 16.1. The van der Waals surface area contributed by atoms with Gasteiger partial charge in [-0.2, -0.15) is 0 Å². The number of carbonyl (C=O) groups excluding carboxylic acids is 2. The van der Waals surface area contributed by atoms with Crippen LogP contribution in [0.3, 0.4) is 0 Å². The predicted octanol–water partition coefficient (Wildman–Crippen LogP) is 3.67. The number of urea groups is 1. The monoisotopic (exact) mass is 337 g/mol. The van der Waals surface area contributed by atoms with E-state index in [2.05, 4.69) is 10.6 Å². The fraction of sp³-hybridized carbons (Fsp3) is 0.0667. The molecule has 0 bridgehead atoms. The Morgan fingerprint density at radius 3 is 2.09 bits per heavy atom. The van der Waals surface area contributed by atoms with E-state index in [4.69, 9.17) is 28.9 Å². The number of benzene rings is 2. The van der Waals surface area contributed by atoms with Crippen molar-refractivity contribution in [3.63, 3.8) is 0 Å². The lowest BCUT2D eigenvalue weighted by Gasteiger charge is -2.09. The molecule has 2 aromatic rings. The second-order valence-electron chi connectivity index (χ2n) is 4.55. The Hall–Kier alpha value is -2.24. The number of primary amides is 1. The Labute approximate surface area is 137 Å². The lowest BCUT2D eigenvalue weighted by molar-refractivity contribution is -0.117. The van der Waals surface area contributed by atoms with E-state index >= 15 is 0 Å². The quantitative estimate of drug-likeness (QED) is 0.795. The number of rotatable bonds is 4. The Kier molecular flexibility index (Phi) is 5.25. The summed E-state index contributed by atoms with van der Waals surface area (Å²) in [4.78, 5) is 22.7. The van der Waals surface area contributed by atoms with Crippen LogP contribution in [0.15, 0.2) is 42.5 Å². The minimum Gasteiger partial charge on any atom is -0.369 e. The molecule has 0 aliphatic carbocycles. The van der Waals surface area contributed by atoms with Gasteiger partial charge in [0.15, 0.2) is 0 Å². The standard InChI is InChI=1S/C15H13Cl2N3O2/c16-12-6-5-11(8-13(12)17)20-15(22)19-10-3-1-9(2-4-10)7-14(18)21/h1-6,8H,7H2,(H2,18,21)(H2,19,20,22). The Balaban J connectivity index is 1.96. The van der Waals surface area contributed by atoms with Gasteiger partial charge in [0.2, 0.25) is 5.91 Å². The summed E-state index contributed by atoms with van der Waals surface area (Å²) in [5.74, 6) is -0.405. The first-order valence-electron chi connectivity index (χ1n) is 6.34. The summed E-state index contributed by atoms with van der Waals surface area (Å²) in [5.41, 5.74) is 7.01. The van der Waals surface area contributed by atoms with Crippen molar-refractivity contribution >= 4 is 46.5 Å². The van der Waals surface area contributed by atoms with E-state index in [9.17, 15) is 9.59 Å². The topological polar surface area (TPSA) is 84.2 Å². The van der Waals surface area contributed by atoms with Crippen LogP contribution in [-0.2, 0) is 11.2 Å². The van der Waals surface area contributed by atoms with Crippen LogP contribution >= 0.6 is 23.2 Å². The summed E-state index contributed by atoms with van der Waals surface area (Å²) in [7, 11) is 0. The third kappa shape index (κ3) is 4.65. The van der Waals surface area contributed by atoms with Crippen molar-refractivity contribution in [2.75, 3.05) is 10.6 Å². The molecule has 2 rings (SSSR count). The number of carbonyl (C=O) groups is 2. The average molecular weight is 338 g/mol. The summed E-state index contributed by atoms with van der Waals surface area (Å²) in [6.45, 7) is 0. The molecule has 22 heavy (non-hydrogen) atoms. The molecule has 0 unspecified atom stereocenters. The molecule has 7 heteroatoms. The van der Waals surface area contributed by atoms with Crippen LogP contribution in [0.2, 0.25) is 10.0 Å². The summed E-state index contributed by atoms with van der Waals surface area (Å²) in [5, 5.41) is 6.07. The van der Waals surface area contributed by atoms with Crippen molar-refractivity contribution in [2.24, 2.45) is 5.73 Å². The first-order chi connectivity index (χ1) is 10.4. The molecular weight excluding hydrogens is 325 g/mol. The van der Waals surface area contributed by atoms with Crippen LogP contribution in [0.25, 0.3) is 0 Å². The van der Waals surface area contributed by atoms with Crippen LogP contribution in [0.5, 0.6) is 0 Å². The summed E-state index contributed by atoms with van der Waals surface area (Å²) in [6, 6.07) is 11.2. The Bertz CT molecular complexity index is 702. The number of hydrogen-bond acceptors (Lipinski definition) is 2. The molecule has 114 valence electrons. The van der Waals surface area contributed by atoms with Crippen molar-refractivity contribution in [2.45, 2.75) is 6.42 Å². The molecule has 0 spiro atoms. The van der Waals surface area contributed by atoms with Gasteiger partial charge in [0.1, 0.15) is 0 Å². The molecule has 4 N–H and O–H groups in total. The lowest BCUT2D eigenvalue weighted by Crippen LogP contribution is -2.19. The molecule has 0 saturated carbocycles. The highest BCUT2D eigenvalue weighted by Crippen LogP contribution is 2.25. The van der Waals surface area contributed by atoms with Gasteiger partial charge in [0, 0.05) is 11.4 Å². The number of halogens is 2. The third-order valence-corrected chi connectivity index (χ3v) is 3.51. The second-order valence-corrected chi connectivity index (χ2v) is 5.36. The molecule has 2 aromatic carbocycles. The highest BCUT2D eigenvalue weighted by Gasteiger charge is 2.05. The predicted molar refractivity (Wildman–Crippen MR) is 88.4 cm³/mol. The highest BCUT2D eigenvalue weighted by atomic mass is 35.5. The second kappa shape index (κ2) is 7.15. The molecule has 0 saturated heterocycles. The first-order valence-corrected chi connectivity index (χ1v) is 7.10. The molecule has 0 fully saturated rings. The maximum atomic E-state index is 11.9. The minimum atomic E-state index is -0.416. The molecule has 0 atom stereocenters. The van der Waals surface area contributed by atoms with E-state index in [1.807, 2.05) is 0 Å². The van der Waals surface area contributed by atoms with E-state index in [1.165, 1.54) is 0 Å². The van der Waals surface area contributed by atoms with E-state index in [1.54, 1.807) is 42.5 Å².